The van der Waals surface area contributed by atoms with Crippen molar-refractivity contribution in [3.05, 3.63) is 35.9 Å². The molecule has 1 atom stereocenters. The normalized spacial score (nSPS) is 13.6. The minimum atomic E-state index is 0.188. The van der Waals surface area contributed by atoms with Gasteiger partial charge in [-0.05, 0) is 58.3 Å². The van der Waals surface area contributed by atoms with Gasteiger partial charge in [0.25, 0.3) is 0 Å². The lowest BCUT2D eigenvalue weighted by Gasteiger charge is -2.44. The van der Waals surface area contributed by atoms with E-state index in [4.69, 9.17) is 0 Å². The third-order valence-corrected chi connectivity index (χ3v) is 4.64. The first kappa shape index (κ1) is 18.2. The van der Waals surface area contributed by atoms with Gasteiger partial charge in [-0.3, -0.25) is 4.90 Å². The Balaban J connectivity index is 2.74. The fourth-order valence-corrected chi connectivity index (χ4v) is 3.24. The highest BCUT2D eigenvalue weighted by atomic mass is 15.2. The molecule has 0 aliphatic heterocycles. The summed E-state index contributed by atoms with van der Waals surface area (Å²) in [4.78, 5) is 2.57. The molecule has 21 heavy (non-hydrogen) atoms. The van der Waals surface area contributed by atoms with Crippen molar-refractivity contribution in [3.63, 3.8) is 0 Å². The molecular formula is C19H34N2. The number of hydrogen-bond donors (Lipinski definition) is 1. The Kier molecular flexibility index (Phi) is 7.98. The molecular weight excluding hydrogens is 256 g/mol. The second-order valence-corrected chi connectivity index (χ2v) is 6.36. The van der Waals surface area contributed by atoms with Crippen LogP contribution in [0, 0.1) is 0 Å². The molecule has 0 aromatic heterocycles. The molecule has 0 saturated heterocycles. The molecule has 0 saturated carbocycles. The number of nitrogens with one attached hydrogen (secondary N) is 1. The summed E-state index contributed by atoms with van der Waals surface area (Å²) in [7, 11) is 0. The van der Waals surface area contributed by atoms with Crippen LogP contribution in [0.1, 0.15) is 53.0 Å². The van der Waals surface area contributed by atoms with Gasteiger partial charge in [0.05, 0.1) is 0 Å². The fraction of sp³-hybridized carbons (Fsp3) is 0.684. The van der Waals surface area contributed by atoms with Crippen LogP contribution >= 0.6 is 0 Å². The first-order chi connectivity index (χ1) is 10.1. The number of hydrogen-bond acceptors (Lipinski definition) is 2. The molecule has 1 rings (SSSR count). The zero-order chi connectivity index (χ0) is 15.7. The summed E-state index contributed by atoms with van der Waals surface area (Å²) in [5, 5.41) is 3.79. The van der Waals surface area contributed by atoms with E-state index in [1.165, 1.54) is 18.4 Å². The first-order valence-electron chi connectivity index (χ1n) is 8.58. The van der Waals surface area contributed by atoms with Crippen LogP contribution in [-0.2, 0) is 6.42 Å². The van der Waals surface area contributed by atoms with Gasteiger partial charge in [-0.15, -0.1) is 0 Å². The molecule has 0 bridgehead atoms. The van der Waals surface area contributed by atoms with Crippen LogP contribution < -0.4 is 5.32 Å². The Morgan fingerprint density at radius 2 is 1.67 bits per heavy atom. The van der Waals surface area contributed by atoms with Crippen molar-refractivity contribution in [3.8, 4) is 0 Å². The maximum Gasteiger partial charge on any atom is 0.0306 e. The summed E-state index contributed by atoms with van der Waals surface area (Å²) in [6.07, 6.45) is 3.52. The minimum absolute atomic E-state index is 0.188. The summed E-state index contributed by atoms with van der Waals surface area (Å²) in [6.45, 7) is 14.9. The molecule has 0 radical (unpaired) electrons. The first-order valence-corrected chi connectivity index (χ1v) is 8.58. The summed E-state index contributed by atoms with van der Waals surface area (Å²) in [6, 6.07) is 11.4. The Morgan fingerprint density at radius 1 is 1.05 bits per heavy atom. The van der Waals surface area contributed by atoms with Gasteiger partial charge in [0, 0.05) is 11.6 Å². The van der Waals surface area contributed by atoms with E-state index in [-0.39, 0.29) is 5.54 Å². The Morgan fingerprint density at radius 3 is 2.19 bits per heavy atom. The third kappa shape index (κ3) is 5.44. The van der Waals surface area contributed by atoms with E-state index in [9.17, 15) is 0 Å². The molecule has 0 aliphatic carbocycles. The van der Waals surface area contributed by atoms with Crippen LogP contribution in [0.3, 0.4) is 0 Å². The van der Waals surface area contributed by atoms with E-state index < -0.39 is 0 Å². The molecule has 2 heteroatoms. The van der Waals surface area contributed by atoms with E-state index >= 15 is 0 Å². The standard InChI is InChI=1S/C19H34N2/c1-6-16-20-18(19(4,5)21(7-2)8-3)15-14-17-12-10-9-11-13-17/h9-13,18,20H,6-8,14-16H2,1-5H3. The van der Waals surface area contributed by atoms with Crippen LogP contribution in [-0.4, -0.2) is 36.1 Å². The SMILES string of the molecule is CCCNC(CCc1ccccc1)C(C)(C)N(CC)CC. The quantitative estimate of drug-likeness (QED) is 0.697. The molecule has 1 aromatic rings. The molecule has 0 spiro atoms. The number of likely N-dealkylation sites (N-methyl/N-ethyl adjacent to an activating group) is 1. The number of nitrogens with zero attached hydrogens (tertiary/aromatic N) is 1. The van der Waals surface area contributed by atoms with E-state index in [0.717, 1.165) is 26.1 Å². The van der Waals surface area contributed by atoms with E-state index in [2.05, 4.69) is 75.2 Å². The van der Waals surface area contributed by atoms with Gasteiger partial charge in [-0.2, -0.15) is 0 Å². The predicted molar refractivity (Wildman–Crippen MR) is 93.8 cm³/mol. The van der Waals surface area contributed by atoms with Crippen LogP contribution in [0.15, 0.2) is 30.3 Å². The molecule has 1 aromatic carbocycles. The Hall–Kier alpha value is -0.860. The number of aryl methyl sites for hydroxylation is 1. The average molecular weight is 290 g/mol. The van der Waals surface area contributed by atoms with Crippen molar-refractivity contribution in [2.75, 3.05) is 19.6 Å². The number of benzene rings is 1. The van der Waals surface area contributed by atoms with Gasteiger partial charge in [-0.25, -0.2) is 0 Å². The maximum absolute atomic E-state index is 3.79. The summed E-state index contributed by atoms with van der Waals surface area (Å²) >= 11 is 0. The second kappa shape index (κ2) is 9.22. The lowest BCUT2D eigenvalue weighted by molar-refractivity contribution is 0.0876. The van der Waals surface area contributed by atoms with Crippen LogP contribution in [0.25, 0.3) is 0 Å². The highest BCUT2D eigenvalue weighted by molar-refractivity contribution is 5.15. The Labute approximate surface area is 131 Å². The van der Waals surface area contributed by atoms with E-state index in [1.54, 1.807) is 0 Å². The number of rotatable bonds is 10. The fourth-order valence-electron chi connectivity index (χ4n) is 3.24. The van der Waals surface area contributed by atoms with E-state index in [0.29, 0.717) is 6.04 Å². The zero-order valence-corrected chi connectivity index (χ0v) is 14.7. The highest BCUT2D eigenvalue weighted by Crippen LogP contribution is 2.22. The largest absolute Gasteiger partial charge is 0.312 e. The maximum atomic E-state index is 3.79. The molecule has 1 unspecified atom stereocenters. The van der Waals surface area contributed by atoms with Crippen molar-refractivity contribution >= 4 is 0 Å². The van der Waals surface area contributed by atoms with Gasteiger partial charge in [-0.1, -0.05) is 51.1 Å². The monoisotopic (exact) mass is 290 g/mol. The van der Waals surface area contributed by atoms with Crippen molar-refractivity contribution in [2.24, 2.45) is 0 Å². The highest BCUT2D eigenvalue weighted by Gasteiger charge is 2.33. The summed E-state index contributed by atoms with van der Waals surface area (Å²) < 4.78 is 0. The summed E-state index contributed by atoms with van der Waals surface area (Å²) in [5.74, 6) is 0. The Bertz CT molecular complexity index is 368. The molecule has 2 nitrogen and oxygen atoms in total. The van der Waals surface area contributed by atoms with Gasteiger partial charge in [0.2, 0.25) is 0 Å². The van der Waals surface area contributed by atoms with E-state index in [1.807, 2.05) is 0 Å². The van der Waals surface area contributed by atoms with Gasteiger partial charge in [0.1, 0.15) is 0 Å². The topological polar surface area (TPSA) is 15.3 Å². The van der Waals surface area contributed by atoms with Crippen LogP contribution in [0.5, 0.6) is 0 Å². The van der Waals surface area contributed by atoms with Crippen LogP contribution in [0.4, 0.5) is 0 Å². The van der Waals surface area contributed by atoms with Gasteiger partial charge >= 0.3 is 0 Å². The van der Waals surface area contributed by atoms with Gasteiger partial charge < -0.3 is 5.32 Å². The smallest absolute Gasteiger partial charge is 0.0306 e. The van der Waals surface area contributed by atoms with Gasteiger partial charge in [0.15, 0.2) is 0 Å². The molecule has 120 valence electrons. The second-order valence-electron chi connectivity index (χ2n) is 6.36. The molecule has 0 heterocycles. The summed E-state index contributed by atoms with van der Waals surface area (Å²) in [5.41, 5.74) is 1.63. The lowest BCUT2D eigenvalue weighted by Crippen LogP contribution is -2.58. The molecule has 0 amide bonds. The molecule has 1 N–H and O–H groups in total. The third-order valence-electron chi connectivity index (χ3n) is 4.64. The zero-order valence-electron chi connectivity index (χ0n) is 14.7. The van der Waals surface area contributed by atoms with Crippen LogP contribution in [0.2, 0.25) is 0 Å². The van der Waals surface area contributed by atoms with Crippen molar-refractivity contribution in [1.29, 1.82) is 0 Å². The molecule has 0 aliphatic rings. The predicted octanol–water partition coefficient (Wildman–Crippen LogP) is 4.11. The lowest BCUT2D eigenvalue weighted by atomic mass is 9.87. The average Bonchev–Trinajstić information content (AvgIpc) is 2.49. The molecule has 0 fully saturated rings. The minimum Gasteiger partial charge on any atom is -0.312 e. The van der Waals surface area contributed by atoms with Crippen molar-refractivity contribution in [1.82, 2.24) is 10.2 Å². The van der Waals surface area contributed by atoms with Crippen molar-refractivity contribution < 1.29 is 0 Å². The van der Waals surface area contributed by atoms with Crippen molar-refractivity contribution in [2.45, 2.75) is 65.5 Å².